The first-order valence-corrected chi connectivity index (χ1v) is 11.3. The molecule has 32 heavy (non-hydrogen) atoms. The summed E-state index contributed by atoms with van der Waals surface area (Å²) in [5.41, 5.74) is 2.06. The molecule has 0 aliphatic carbocycles. The van der Waals surface area contributed by atoms with E-state index in [1.165, 1.54) is 17.8 Å². The molecule has 1 fully saturated rings. The van der Waals surface area contributed by atoms with E-state index in [9.17, 15) is 14.4 Å². The third-order valence-corrected chi connectivity index (χ3v) is 6.31. The number of nitrogens with one attached hydrogen (secondary N) is 2. The van der Waals surface area contributed by atoms with E-state index in [2.05, 4.69) is 32.6 Å². The van der Waals surface area contributed by atoms with Gasteiger partial charge in [0.05, 0.1) is 26.7 Å². The molecule has 5 nitrogen and oxygen atoms in total. The summed E-state index contributed by atoms with van der Waals surface area (Å²) in [6, 6.07) is 21.3. The SMILES string of the molecule is N#Cc1ccccc1COc1ccc(/C=C2\SC(Nc3ccccc3F)NC2=O)cc1Br. The number of hydrogen-bond donors (Lipinski definition) is 2. The van der Waals surface area contributed by atoms with E-state index < -0.39 is 5.50 Å². The van der Waals surface area contributed by atoms with Crippen LogP contribution in [0.5, 0.6) is 5.75 Å². The van der Waals surface area contributed by atoms with Gasteiger partial charge in [-0.15, -0.1) is 0 Å². The number of carbonyl (C=O) groups excluding carboxylic acids is 1. The van der Waals surface area contributed by atoms with Gasteiger partial charge in [-0.1, -0.05) is 48.2 Å². The van der Waals surface area contributed by atoms with Crippen molar-refractivity contribution in [2.45, 2.75) is 12.1 Å². The minimum absolute atomic E-state index is 0.228. The molecule has 8 heteroatoms. The lowest BCUT2D eigenvalue weighted by molar-refractivity contribution is -0.116. The van der Waals surface area contributed by atoms with Gasteiger partial charge in [0.25, 0.3) is 5.91 Å². The Morgan fingerprint density at radius 3 is 2.75 bits per heavy atom. The lowest BCUT2D eigenvalue weighted by Crippen LogP contribution is -2.31. The van der Waals surface area contributed by atoms with Crippen LogP contribution >= 0.6 is 27.7 Å². The van der Waals surface area contributed by atoms with E-state index in [4.69, 9.17) is 4.74 Å². The van der Waals surface area contributed by atoms with Crippen molar-refractivity contribution in [2.75, 3.05) is 5.32 Å². The van der Waals surface area contributed by atoms with Crippen LogP contribution < -0.4 is 15.4 Å². The molecular weight excluding hydrogens is 493 g/mol. The minimum Gasteiger partial charge on any atom is -0.488 e. The van der Waals surface area contributed by atoms with Gasteiger partial charge in [0.2, 0.25) is 0 Å². The summed E-state index contributed by atoms with van der Waals surface area (Å²) in [5.74, 6) is 0.0209. The number of hydrogen-bond acceptors (Lipinski definition) is 5. The molecule has 1 amide bonds. The molecule has 1 heterocycles. The van der Waals surface area contributed by atoms with Crippen molar-refractivity contribution < 1.29 is 13.9 Å². The maximum Gasteiger partial charge on any atom is 0.260 e. The number of amides is 1. The standard InChI is InChI=1S/C24H17BrFN3O2S/c25-18-11-15(9-10-21(18)31-14-17-6-2-1-5-16(17)13-27)12-22-23(30)29-24(32-22)28-20-8-4-3-7-19(20)26/h1-12,24,28H,14H2,(H,29,30)/b22-12-. The Labute approximate surface area is 197 Å². The number of anilines is 1. The number of carbonyl (C=O) groups is 1. The first-order valence-electron chi connectivity index (χ1n) is 9.64. The van der Waals surface area contributed by atoms with Crippen LogP contribution in [0.25, 0.3) is 6.08 Å². The Bertz CT molecular complexity index is 1240. The number of thioether (sulfide) groups is 1. The fourth-order valence-corrected chi connectivity index (χ4v) is 4.56. The van der Waals surface area contributed by atoms with E-state index in [0.29, 0.717) is 21.9 Å². The van der Waals surface area contributed by atoms with Gasteiger partial charge in [0, 0.05) is 5.56 Å². The Hall–Kier alpha value is -3.28. The molecule has 1 saturated heterocycles. The number of benzene rings is 3. The molecule has 0 saturated carbocycles. The van der Waals surface area contributed by atoms with E-state index >= 15 is 0 Å². The molecule has 4 rings (SSSR count). The van der Waals surface area contributed by atoms with Crippen LogP contribution in [-0.2, 0) is 11.4 Å². The van der Waals surface area contributed by atoms with Gasteiger partial charge in [-0.05, 0) is 57.9 Å². The summed E-state index contributed by atoms with van der Waals surface area (Å²) < 4.78 is 20.4. The average Bonchev–Trinajstić information content (AvgIpc) is 3.13. The third-order valence-electron chi connectivity index (χ3n) is 4.67. The van der Waals surface area contributed by atoms with Crippen molar-refractivity contribution in [3.05, 3.63) is 98.6 Å². The molecule has 1 aliphatic heterocycles. The highest BCUT2D eigenvalue weighted by molar-refractivity contribution is 9.10. The van der Waals surface area contributed by atoms with Crippen LogP contribution in [0.1, 0.15) is 16.7 Å². The van der Waals surface area contributed by atoms with Gasteiger partial charge in [-0.25, -0.2) is 4.39 Å². The van der Waals surface area contributed by atoms with Gasteiger partial charge in [0.15, 0.2) is 5.50 Å². The summed E-state index contributed by atoms with van der Waals surface area (Å²) in [6.45, 7) is 0.268. The highest BCUT2D eigenvalue weighted by atomic mass is 79.9. The lowest BCUT2D eigenvalue weighted by atomic mass is 10.1. The molecule has 0 bridgehead atoms. The Kier molecular flexibility index (Phi) is 6.78. The monoisotopic (exact) mass is 509 g/mol. The van der Waals surface area contributed by atoms with Gasteiger partial charge >= 0.3 is 0 Å². The second-order valence-electron chi connectivity index (χ2n) is 6.85. The summed E-state index contributed by atoms with van der Waals surface area (Å²) in [7, 11) is 0. The molecule has 160 valence electrons. The highest BCUT2D eigenvalue weighted by Gasteiger charge is 2.27. The first-order chi connectivity index (χ1) is 15.5. The molecule has 3 aromatic rings. The molecule has 2 N–H and O–H groups in total. The van der Waals surface area contributed by atoms with Crippen LogP contribution in [0.15, 0.2) is 76.1 Å². The van der Waals surface area contributed by atoms with E-state index in [0.717, 1.165) is 15.6 Å². The van der Waals surface area contributed by atoms with E-state index in [1.54, 1.807) is 36.4 Å². The Morgan fingerprint density at radius 1 is 1.19 bits per heavy atom. The zero-order valence-corrected chi connectivity index (χ0v) is 19.0. The second-order valence-corrected chi connectivity index (χ2v) is 8.85. The zero-order chi connectivity index (χ0) is 22.5. The molecule has 3 aromatic carbocycles. The van der Waals surface area contributed by atoms with Crippen molar-refractivity contribution in [1.82, 2.24) is 5.32 Å². The highest BCUT2D eigenvalue weighted by Crippen LogP contribution is 2.33. The van der Waals surface area contributed by atoms with Gasteiger partial charge in [-0.2, -0.15) is 5.26 Å². The molecule has 1 atom stereocenters. The topological polar surface area (TPSA) is 74.2 Å². The fraction of sp³-hybridized carbons (Fsp3) is 0.0833. The van der Waals surface area contributed by atoms with Crippen molar-refractivity contribution in [1.29, 1.82) is 5.26 Å². The average molecular weight is 510 g/mol. The Morgan fingerprint density at radius 2 is 1.97 bits per heavy atom. The van der Waals surface area contributed by atoms with E-state index in [1.807, 2.05) is 30.3 Å². The van der Waals surface area contributed by atoms with Crippen molar-refractivity contribution >= 4 is 45.4 Å². The van der Waals surface area contributed by atoms with Gasteiger partial charge in [0.1, 0.15) is 18.2 Å². The van der Waals surface area contributed by atoms with Crippen LogP contribution in [0.4, 0.5) is 10.1 Å². The Balaban J connectivity index is 1.43. The first kappa shape index (κ1) is 21.9. The lowest BCUT2D eigenvalue weighted by Gasteiger charge is -2.13. The zero-order valence-electron chi connectivity index (χ0n) is 16.6. The number of ether oxygens (including phenoxy) is 1. The molecule has 0 spiro atoms. The van der Waals surface area contributed by atoms with Crippen molar-refractivity contribution in [2.24, 2.45) is 0 Å². The van der Waals surface area contributed by atoms with Crippen molar-refractivity contribution in [3.8, 4) is 11.8 Å². The molecule has 1 unspecified atom stereocenters. The van der Waals surface area contributed by atoms with Gasteiger partial charge < -0.3 is 15.4 Å². The van der Waals surface area contributed by atoms with E-state index in [-0.39, 0.29) is 18.3 Å². The normalized spacial score (nSPS) is 16.5. The summed E-state index contributed by atoms with van der Waals surface area (Å²) >= 11 is 4.79. The van der Waals surface area contributed by atoms with Crippen LogP contribution in [-0.4, -0.2) is 11.4 Å². The maximum absolute atomic E-state index is 13.8. The number of rotatable bonds is 6. The van der Waals surface area contributed by atoms with Gasteiger partial charge in [-0.3, -0.25) is 4.79 Å². The summed E-state index contributed by atoms with van der Waals surface area (Å²) in [6.07, 6.45) is 1.77. The smallest absolute Gasteiger partial charge is 0.260 e. The molecule has 1 aliphatic rings. The fourth-order valence-electron chi connectivity index (χ4n) is 3.07. The van der Waals surface area contributed by atoms with Crippen LogP contribution in [0.2, 0.25) is 0 Å². The third kappa shape index (κ3) is 5.13. The largest absolute Gasteiger partial charge is 0.488 e. The minimum atomic E-state index is -0.461. The second kappa shape index (κ2) is 9.90. The number of para-hydroxylation sites is 1. The summed E-state index contributed by atoms with van der Waals surface area (Å²) in [5, 5.41) is 15.0. The number of nitriles is 1. The van der Waals surface area contributed by atoms with Crippen LogP contribution in [0.3, 0.4) is 0 Å². The number of nitrogens with zero attached hydrogens (tertiary/aromatic N) is 1. The molecular formula is C24H17BrFN3O2S. The maximum atomic E-state index is 13.8. The predicted octanol–water partition coefficient (Wildman–Crippen LogP) is 5.64. The predicted molar refractivity (Wildman–Crippen MR) is 127 cm³/mol. The van der Waals surface area contributed by atoms with Crippen molar-refractivity contribution in [3.63, 3.8) is 0 Å². The molecule has 0 aromatic heterocycles. The number of halogens is 2. The quantitative estimate of drug-likeness (QED) is 0.420. The molecule has 0 radical (unpaired) electrons. The van der Waals surface area contributed by atoms with Crippen LogP contribution in [0, 0.1) is 17.1 Å². The summed E-state index contributed by atoms with van der Waals surface area (Å²) in [4.78, 5) is 12.9.